The lowest BCUT2D eigenvalue weighted by Gasteiger charge is -2.11. The van der Waals surface area contributed by atoms with E-state index in [1.165, 1.54) is 18.9 Å². The number of hydrogen-bond donors (Lipinski definition) is 0. The van der Waals surface area contributed by atoms with Gasteiger partial charge in [0, 0.05) is 5.92 Å². The van der Waals surface area contributed by atoms with E-state index in [1.807, 2.05) is 0 Å². The normalized spacial score (nSPS) is 17.1. The van der Waals surface area contributed by atoms with Crippen molar-refractivity contribution in [1.29, 1.82) is 0 Å². The van der Waals surface area contributed by atoms with Crippen LogP contribution in [0.1, 0.15) is 42.7 Å². The minimum atomic E-state index is -0.199. The van der Waals surface area contributed by atoms with Gasteiger partial charge in [0.15, 0.2) is 0 Å². The molecule has 1 fully saturated rings. The van der Waals surface area contributed by atoms with Crippen LogP contribution in [0.4, 0.5) is 4.39 Å². The first kappa shape index (κ1) is 11.3. The number of carbonyl (C=O) groups excluding carboxylic acids is 1. The van der Waals surface area contributed by atoms with Crippen LogP contribution in [0.3, 0.4) is 0 Å². The third kappa shape index (κ3) is 2.69. The fourth-order valence-electron chi connectivity index (χ4n) is 2.03. The molecule has 1 atom stereocenters. The minimum absolute atomic E-state index is 0.0556. The zero-order chi connectivity index (χ0) is 11.5. The first-order chi connectivity index (χ1) is 7.70. The van der Waals surface area contributed by atoms with Crippen LogP contribution in [0.15, 0.2) is 18.2 Å². The molecule has 0 spiro atoms. The molecule has 16 heavy (non-hydrogen) atoms. The van der Waals surface area contributed by atoms with Crippen molar-refractivity contribution in [1.82, 2.24) is 0 Å². The zero-order valence-electron chi connectivity index (χ0n) is 9.58. The summed E-state index contributed by atoms with van der Waals surface area (Å²) in [6, 6.07) is 4.98. The average Bonchev–Trinajstić information content (AvgIpc) is 3.08. The number of benzene rings is 1. The molecule has 2 rings (SSSR count). The summed E-state index contributed by atoms with van der Waals surface area (Å²) in [5, 5.41) is 0. The Morgan fingerprint density at radius 2 is 2.25 bits per heavy atom. The van der Waals surface area contributed by atoms with E-state index in [4.69, 9.17) is 0 Å². The number of hydrogen-bond acceptors (Lipinski definition) is 1. The molecule has 1 unspecified atom stereocenters. The van der Waals surface area contributed by atoms with E-state index in [1.54, 1.807) is 19.1 Å². The van der Waals surface area contributed by atoms with E-state index in [2.05, 4.69) is 0 Å². The lowest BCUT2D eigenvalue weighted by atomic mass is 9.93. The van der Waals surface area contributed by atoms with Gasteiger partial charge >= 0.3 is 0 Å². The maximum Gasteiger partial charge on any atom is 0.127 e. The Hall–Kier alpha value is -1.18. The Morgan fingerprint density at radius 3 is 2.81 bits per heavy atom. The highest BCUT2D eigenvalue weighted by Gasteiger charge is 2.23. The predicted octanol–water partition coefficient (Wildman–Crippen LogP) is 3.61. The molecule has 86 valence electrons. The Bertz CT molecular complexity index is 382. The minimum Gasteiger partial charge on any atom is -0.303 e. The van der Waals surface area contributed by atoms with Gasteiger partial charge in [0.25, 0.3) is 0 Å². The molecule has 0 bridgehead atoms. The molecule has 1 saturated carbocycles. The highest BCUT2D eigenvalue weighted by atomic mass is 19.1. The molecule has 0 heterocycles. The number of halogens is 1. The summed E-state index contributed by atoms with van der Waals surface area (Å²) >= 11 is 0. The summed E-state index contributed by atoms with van der Waals surface area (Å²) in [6.45, 7) is 1.74. The van der Waals surface area contributed by atoms with Crippen molar-refractivity contribution in [2.24, 2.45) is 5.92 Å². The second kappa shape index (κ2) is 4.77. The van der Waals surface area contributed by atoms with Crippen LogP contribution in [0, 0.1) is 18.7 Å². The van der Waals surface area contributed by atoms with Gasteiger partial charge in [0.2, 0.25) is 0 Å². The van der Waals surface area contributed by atoms with Gasteiger partial charge in [-0.1, -0.05) is 25.0 Å². The summed E-state index contributed by atoms with van der Waals surface area (Å²) in [5.74, 6) is 0.583. The van der Waals surface area contributed by atoms with Crippen LogP contribution in [-0.4, -0.2) is 6.29 Å². The van der Waals surface area contributed by atoms with Crippen molar-refractivity contribution in [2.45, 2.75) is 38.5 Å². The van der Waals surface area contributed by atoms with E-state index in [9.17, 15) is 9.18 Å². The monoisotopic (exact) mass is 220 g/mol. The highest BCUT2D eigenvalue weighted by Crippen LogP contribution is 2.36. The molecule has 2 heteroatoms. The first-order valence-corrected chi connectivity index (χ1v) is 5.92. The van der Waals surface area contributed by atoms with Crippen molar-refractivity contribution in [3.05, 3.63) is 35.1 Å². The fourth-order valence-corrected chi connectivity index (χ4v) is 2.03. The van der Waals surface area contributed by atoms with E-state index < -0.39 is 0 Å². The summed E-state index contributed by atoms with van der Waals surface area (Å²) in [6.07, 6.45) is 5.65. The molecule has 0 saturated heterocycles. The van der Waals surface area contributed by atoms with Crippen molar-refractivity contribution in [2.75, 3.05) is 0 Å². The van der Waals surface area contributed by atoms with E-state index in [-0.39, 0.29) is 11.7 Å². The fraction of sp³-hybridized carbons (Fsp3) is 0.500. The second-order valence-electron chi connectivity index (χ2n) is 4.77. The van der Waals surface area contributed by atoms with Crippen molar-refractivity contribution < 1.29 is 9.18 Å². The molecule has 1 aliphatic rings. The van der Waals surface area contributed by atoms with Crippen LogP contribution in [0.2, 0.25) is 0 Å². The number of carbonyl (C=O) groups is 1. The Kier molecular flexibility index (Phi) is 3.37. The summed E-state index contributed by atoms with van der Waals surface area (Å²) in [5.41, 5.74) is 1.57. The summed E-state index contributed by atoms with van der Waals surface area (Å²) in [7, 11) is 0. The Morgan fingerprint density at radius 1 is 1.50 bits per heavy atom. The number of rotatable bonds is 5. The maximum absolute atomic E-state index is 13.1. The van der Waals surface area contributed by atoms with Gasteiger partial charge in [-0.25, -0.2) is 4.39 Å². The van der Waals surface area contributed by atoms with Gasteiger partial charge in [-0.05, 0) is 42.9 Å². The molecule has 0 amide bonds. The third-order valence-electron chi connectivity index (χ3n) is 3.36. The largest absolute Gasteiger partial charge is 0.303 e. The van der Waals surface area contributed by atoms with Gasteiger partial charge in [-0.15, -0.1) is 0 Å². The molecule has 1 aliphatic carbocycles. The lowest BCUT2D eigenvalue weighted by molar-refractivity contribution is -0.109. The van der Waals surface area contributed by atoms with Gasteiger partial charge in [0.1, 0.15) is 12.1 Å². The smallest absolute Gasteiger partial charge is 0.127 e. The Balaban J connectivity index is 2.05. The summed E-state index contributed by atoms with van der Waals surface area (Å²) < 4.78 is 13.1. The molecule has 0 radical (unpaired) electrons. The molecule has 1 aromatic rings. The number of aldehydes is 1. The molecule has 0 N–H and O–H groups in total. The van der Waals surface area contributed by atoms with Gasteiger partial charge < -0.3 is 4.79 Å². The second-order valence-corrected chi connectivity index (χ2v) is 4.77. The molecular formula is C14H17FO. The maximum atomic E-state index is 13.1. The van der Waals surface area contributed by atoms with Crippen molar-refractivity contribution >= 4 is 6.29 Å². The van der Waals surface area contributed by atoms with Crippen LogP contribution < -0.4 is 0 Å². The SMILES string of the molecule is Cc1cc(C(C=O)CCC2CC2)ccc1F. The lowest BCUT2D eigenvalue weighted by Crippen LogP contribution is -2.02. The van der Waals surface area contributed by atoms with Crippen molar-refractivity contribution in [3.63, 3.8) is 0 Å². The van der Waals surface area contributed by atoms with E-state index in [0.717, 1.165) is 30.6 Å². The van der Waals surface area contributed by atoms with E-state index in [0.29, 0.717) is 5.56 Å². The molecule has 1 aromatic carbocycles. The quantitative estimate of drug-likeness (QED) is 0.693. The van der Waals surface area contributed by atoms with Crippen LogP contribution in [0.25, 0.3) is 0 Å². The average molecular weight is 220 g/mol. The zero-order valence-corrected chi connectivity index (χ0v) is 9.58. The predicted molar refractivity (Wildman–Crippen MR) is 61.9 cm³/mol. The molecule has 0 aromatic heterocycles. The van der Waals surface area contributed by atoms with Crippen molar-refractivity contribution in [3.8, 4) is 0 Å². The Labute approximate surface area is 95.7 Å². The van der Waals surface area contributed by atoms with Gasteiger partial charge in [-0.2, -0.15) is 0 Å². The molecular weight excluding hydrogens is 203 g/mol. The summed E-state index contributed by atoms with van der Waals surface area (Å²) in [4.78, 5) is 11.0. The van der Waals surface area contributed by atoms with Crippen LogP contribution in [0.5, 0.6) is 0 Å². The van der Waals surface area contributed by atoms with Crippen LogP contribution >= 0.6 is 0 Å². The molecule has 1 nitrogen and oxygen atoms in total. The topological polar surface area (TPSA) is 17.1 Å². The van der Waals surface area contributed by atoms with Gasteiger partial charge in [-0.3, -0.25) is 0 Å². The van der Waals surface area contributed by atoms with Crippen LogP contribution in [-0.2, 0) is 4.79 Å². The number of aryl methyl sites for hydroxylation is 1. The van der Waals surface area contributed by atoms with Gasteiger partial charge in [0.05, 0.1) is 0 Å². The third-order valence-corrected chi connectivity index (χ3v) is 3.36. The van der Waals surface area contributed by atoms with E-state index >= 15 is 0 Å². The first-order valence-electron chi connectivity index (χ1n) is 5.92. The molecule has 0 aliphatic heterocycles. The highest BCUT2D eigenvalue weighted by molar-refractivity contribution is 5.62. The standard InChI is InChI=1S/C14H17FO/c1-10-8-12(6-7-14(10)15)13(9-16)5-4-11-2-3-11/h6-9,11,13H,2-5H2,1H3.